The molecular formula is C13H17F3N2O2. The lowest BCUT2D eigenvalue weighted by molar-refractivity contribution is -0.184. The molecule has 0 aliphatic heterocycles. The van der Waals surface area contributed by atoms with Gasteiger partial charge in [0.25, 0.3) is 5.91 Å². The van der Waals surface area contributed by atoms with Crippen molar-refractivity contribution < 1.29 is 22.7 Å². The molecule has 1 aromatic rings. The van der Waals surface area contributed by atoms with Gasteiger partial charge in [0.05, 0.1) is 11.4 Å². The number of amides is 1. The SMILES string of the molecule is Cc1cc(C)c(NC(=O)C(C)OCC(F)(F)F)c(C)n1. The molecule has 0 aliphatic carbocycles. The van der Waals surface area contributed by atoms with Gasteiger partial charge in [0.2, 0.25) is 0 Å². The second-order valence-corrected chi connectivity index (χ2v) is 4.60. The molecule has 4 nitrogen and oxygen atoms in total. The first kappa shape index (κ1) is 16.4. The lowest BCUT2D eigenvalue weighted by Gasteiger charge is -2.17. The van der Waals surface area contributed by atoms with Gasteiger partial charge >= 0.3 is 6.18 Å². The second-order valence-electron chi connectivity index (χ2n) is 4.60. The van der Waals surface area contributed by atoms with Crippen molar-refractivity contribution in [3.8, 4) is 0 Å². The fraction of sp³-hybridized carbons (Fsp3) is 0.538. The van der Waals surface area contributed by atoms with Crippen LogP contribution in [0.25, 0.3) is 0 Å². The van der Waals surface area contributed by atoms with Crippen LogP contribution in [0.2, 0.25) is 0 Å². The highest BCUT2D eigenvalue weighted by Crippen LogP contribution is 2.20. The zero-order valence-corrected chi connectivity index (χ0v) is 11.8. The Morgan fingerprint density at radius 2 is 2.00 bits per heavy atom. The van der Waals surface area contributed by atoms with Gasteiger partial charge in [-0.25, -0.2) is 0 Å². The van der Waals surface area contributed by atoms with Crippen molar-refractivity contribution in [3.05, 3.63) is 23.0 Å². The van der Waals surface area contributed by atoms with Crippen LogP contribution in [0.5, 0.6) is 0 Å². The predicted octanol–water partition coefficient (Wildman–Crippen LogP) is 2.91. The molecule has 1 N–H and O–H groups in total. The Labute approximate surface area is 115 Å². The molecule has 0 radical (unpaired) electrons. The number of aryl methyl sites for hydroxylation is 3. The summed E-state index contributed by atoms with van der Waals surface area (Å²) in [5.74, 6) is -0.633. The van der Waals surface area contributed by atoms with Crippen LogP contribution in [0.3, 0.4) is 0 Å². The molecule has 1 atom stereocenters. The van der Waals surface area contributed by atoms with Crippen molar-refractivity contribution in [2.45, 2.75) is 40.0 Å². The number of nitrogens with zero attached hydrogens (tertiary/aromatic N) is 1. The van der Waals surface area contributed by atoms with E-state index < -0.39 is 24.8 Å². The third kappa shape index (κ3) is 4.80. The van der Waals surface area contributed by atoms with Gasteiger partial charge in [-0.15, -0.1) is 0 Å². The van der Waals surface area contributed by atoms with Crippen molar-refractivity contribution in [1.29, 1.82) is 0 Å². The molecule has 0 saturated carbocycles. The summed E-state index contributed by atoms with van der Waals surface area (Å²) in [6.45, 7) is 5.15. The maximum absolute atomic E-state index is 12.0. The van der Waals surface area contributed by atoms with Crippen molar-refractivity contribution in [1.82, 2.24) is 4.98 Å². The van der Waals surface area contributed by atoms with Crippen molar-refractivity contribution >= 4 is 11.6 Å². The van der Waals surface area contributed by atoms with E-state index in [0.717, 1.165) is 11.3 Å². The Bertz CT molecular complexity index is 478. The van der Waals surface area contributed by atoms with Crippen LogP contribution in [0, 0.1) is 20.8 Å². The molecule has 7 heteroatoms. The molecule has 0 fully saturated rings. The molecule has 0 spiro atoms. The van der Waals surface area contributed by atoms with E-state index >= 15 is 0 Å². The van der Waals surface area contributed by atoms with Crippen LogP contribution < -0.4 is 5.32 Å². The van der Waals surface area contributed by atoms with E-state index in [0.29, 0.717) is 11.4 Å². The van der Waals surface area contributed by atoms with Crippen LogP contribution in [-0.2, 0) is 9.53 Å². The molecular weight excluding hydrogens is 273 g/mol. The van der Waals surface area contributed by atoms with Crippen molar-refractivity contribution in [2.24, 2.45) is 0 Å². The summed E-state index contributed by atoms with van der Waals surface area (Å²) in [5.41, 5.74) is 2.72. The van der Waals surface area contributed by atoms with Gasteiger partial charge in [-0.1, -0.05) is 0 Å². The molecule has 112 valence electrons. The molecule has 0 saturated heterocycles. The van der Waals surface area contributed by atoms with Crippen molar-refractivity contribution in [3.63, 3.8) is 0 Å². The average Bonchev–Trinajstić information content (AvgIpc) is 2.29. The smallest absolute Gasteiger partial charge is 0.359 e. The third-order valence-corrected chi connectivity index (χ3v) is 2.64. The van der Waals surface area contributed by atoms with Crippen LogP contribution in [0.15, 0.2) is 6.07 Å². The normalized spacial score (nSPS) is 13.2. The number of ether oxygens (including phenoxy) is 1. The topological polar surface area (TPSA) is 51.2 Å². The second kappa shape index (κ2) is 6.21. The Balaban J connectivity index is 2.71. The minimum absolute atomic E-state index is 0.503. The number of rotatable bonds is 4. The van der Waals surface area contributed by atoms with Gasteiger partial charge in [0.1, 0.15) is 12.7 Å². The summed E-state index contributed by atoms with van der Waals surface area (Å²) >= 11 is 0. The molecule has 20 heavy (non-hydrogen) atoms. The summed E-state index contributed by atoms with van der Waals surface area (Å²) in [6, 6.07) is 1.78. The Kier molecular flexibility index (Phi) is 5.10. The molecule has 1 aromatic heterocycles. The zero-order chi connectivity index (χ0) is 15.5. The van der Waals surface area contributed by atoms with E-state index in [1.165, 1.54) is 6.92 Å². The number of alkyl halides is 3. The maximum atomic E-state index is 12.0. The summed E-state index contributed by atoms with van der Waals surface area (Å²) in [5, 5.41) is 2.55. The molecule has 0 bridgehead atoms. The van der Waals surface area contributed by atoms with E-state index in [4.69, 9.17) is 0 Å². The number of hydrogen-bond donors (Lipinski definition) is 1. The molecule has 1 rings (SSSR count). The third-order valence-electron chi connectivity index (χ3n) is 2.64. The van der Waals surface area contributed by atoms with Crippen LogP contribution >= 0.6 is 0 Å². The lowest BCUT2D eigenvalue weighted by Crippen LogP contribution is -2.32. The summed E-state index contributed by atoms with van der Waals surface area (Å²) in [4.78, 5) is 16.0. The number of halogens is 3. The summed E-state index contributed by atoms with van der Waals surface area (Å²) < 4.78 is 40.5. The molecule has 1 unspecified atom stereocenters. The largest absolute Gasteiger partial charge is 0.411 e. The summed E-state index contributed by atoms with van der Waals surface area (Å²) in [6.07, 6.45) is -5.65. The molecule has 1 heterocycles. The maximum Gasteiger partial charge on any atom is 0.411 e. The average molecular weight is 290 g/mol. The highest BCUT2D eigenvalue weighted by molar-refractivity contribution is 5.95. The first-order chi connectivity index (χ1) is 9.10. The Morgan fingerprint density at radius 3 is 2.50 bits per heavy atom. The number of pyridine rings is 1. The van der Waals surface area contributed by atoms with Crippen LogP contribution in [-0.4, -0.2) is 29.8 Å². The Hall–Kier alpha value is -1.63. The number of carbonyl (C=O) groups is 1. The molecule has 0 aromatic carbocycles. The quantitative estimate of drug-likeness (QED) is 0.927. The van der Waals surface area contributed by atoms with Crippen LogP contribution in [0.1, 0.15) is 23.9 Å². The first-order valence-corrected chi connectivity index (χ1v) is 6.04. The van der Waals surface area contributed by atoms with E-state index in [-0.39, 0.29) is 0 Å². The highest BCUT2D eigenvalue weighted by Gasteiger charge is 2.30. The number of anilines is 1. The van der Waals surface area contributed by atoms with Gasteiger partial charge in [0, 0.05) is 5.69 Å². The zero-order valence-electron chi connectivity index (χ0n) is 11.8. The van der Waals surface area contributed by atoms with Gasteiger partial charge in [0.15, 0.2) is 0 Å². The van der Waals surface area contributed by atoms with Crippen molar-refractivity contribution in [2.75, 3.05) is 11.9 Å². The minimum Gasteiger partial charge on any atom is -0.359 e. The van der Waals surface area contributed by atoms with E-state index in [1.54, 1.807) is 19.9 Å². The van der Waals surface area contributed by atoms with Gasteiger partial charge in [-0.3, -0.25) is 9.78 Å². The molecule has 0 aliphatic rings. The number of aromatic nitrogens is 1. The fourth-order valence-corrected chi connectivity index (χ4v) is 1.73. The van der Waals surface area contributed by atoms with Gasteiger partial charge < -0.3 is 10.1 Å². The predicted molar refractivity (Wildman–Crippen MR) is 68.5 cm³/mol. The monoisotopic (exact) mass is 290 g/mol. The Morgan fingerprint density at radius 1 is 1.40 bits per heavy atom. The highest BCUT2D eigenvalue weighted by atomic mass is 19.4. The van der Waals surface area contributed by atoms with Crippen LogP contribution in [0.4, 0.5) is 18.9 Å². The minimum atomic E-state index is -4.45. The summed E-state index contributed by atoms with van der Waals surface area (Å²) in [7, 11) is 0. The molecule has 1 amide bonds. The fourth-order valence-electron chi connectivity index (χ4n) is 1.73. The number of hydrogen-bond acceptors (Lipinski definition) is 3. The lowest BCUT2D eigenvalue weighted by atomic mass is 10.1. The van der Waals surface area contributed by atoms with E-state index in [2.05, 4.69) is 15.0 Å². The van der Waals surface area contributed by atoms with Gasteiger partial charge in [-0.2, -0.15) is 13.2 Å². The van der Waals surface area contributed by atoms with E-state index in [9.17, 15) is 18.0 Å². The number of nitrogens with one attached hydrogen (secondary N) is 1. The number of carbonyl (C=O) groups excluding carboxylic acids is 1. The van der Waals surface area contributed by atoms with E-state index in [1.807, 2.05) is 6.92 Å². The van der Waals surface area contributed by atoms with Gasteiger partial charge in [-0.05, 0) is 39.3 Å². The standard InChI is InChI=1S/C13H17F3N2O2/c1-7-5-8(2)17-9(3)11(7)18-12(19)10(4)20-6-13(14,15)16/h5,10H,6H2,1-4H3,(H,18,19). The first-order valence-electron chi connectivity index (χ1n) is 6.04.